The van der Waals surface area contributed by atoms with Crippen LogP contribution in [-0.2, 0) is 6.54 Å². The van der Waals surface area contributed by atoms with E-state index in [0.717, 1.165) is 0 Å². The van der Waals surface area contributed by atoms with Crippen LogP contribution in [0.2, 0.25) is 0 Å². The van der Waals surface area contributed by atoms with E-state index in [1.165, 1.54) is 6.07 Å². The SMILES string of the molecule is O=C(O)c1nc2n(n1)CCC2c1ccccc1F. The lowest BCUT2D eigenvalue weighted by Gasteiger charge is -2.08. The third-order valence-corrected chi connectivity index (χ3v) is 3.11. The molecule has 18 heavy (non-hydrogen) atoms. The minimum Gasteiger partial charge on any atom is -0.475 e. The minimum atomic E-state index is -1.16. The molecule has 5 nitrogen and oxygen atoms in total. The first-order valence-corrected chi connectivity index (χ1v) is 5.59. The lowest BCUT2D eigenvalue weighted by Crippen LogP contribution is -2.03. The Morgan fingerprint density at radius 3 is 2.94 bits per heavy atom. The van der Waals surface area contributed by atoms with Crippen LogP contribution < -0.4 is 0 Å². The van der Waals surface area contributed by atoms with Crippen molar-refractivity contribution in [2.24, 2.45) is 0 Å². The van der Waals surface area contributed by atoms with E-state index >= 15 is 0 Å². The summed E-state index contributed by atoms with van der Waals surface area (Å²) in [4.78, 5) is 14.8. The van der Waals surface area contributed by atoms with Gasteiger partial charge in [0.2, 0.25) is 0 Å². The number of hydrogen-bond acceptors (Lipinski definition) is 3. The first-order valence-electron chi connectivity index (χ1n) is 5.59. The second kappa shape index (κ2) is 3.90. The fourth-order valence-electron chi connectivity index (χ4n) is 2.30. The maximum Gasteiger partial charge on any atom is 0.375 e. The van der Waals surface area contributed by atoms with Crippen LogP contribution in [0, 0.1) is 5.82 Å². The molecule has 3 rings (SSSR count). The van der Waals surface area contributed by atoms with Gasteiger partial charge in [-0.15, -0.1) is 5.10 Å². The molecule has 1 aliphatic heterocycles. The number of carbonyl (C=O) groups is 1. The Kier molecular flexibility index (Phi) is 2.36. The normalized spacial score (nSPS) is 17.7. The third-order valence-electron chi connectivity index (χ3n) is 3.11. The second-order valence-electron chi connectivity index (χ2n) is 4.18. The van der Waals surface area contributed by atoms with Crippen molar-refractivity contribution in [2.45, 2.75) is 18.9 Å². The smallest absolute Gasteiger partial charge is 0.375 e. The molecule has 2 aromatic rings. The average molecular weight is 247 g/mol. The molecule has 0 radical (unpaired) electrons. The van der Waals surface area contributed by atoms with Gasteiger partial charge in [0.15, 0.2) is 0 Å². The Morgan fingerprint density at radius 2 is 2.22 bits per heavy atom. The van der Waals surface area contributed by atoms with E-state index in [0.29, 0.717) is 24.4 Å². The van der Waals surface area contributed by atoms with E-state index < -0.39 is 5.97 Å². The molecule has 0 spiro atoms. The van der Waals surface area contributed by atoms with E-state index in [4.69, 9.17) is 5.11 Å². The number of rotatable bonds is 2. The predicted octanol–water partition coefficient (Wildman–Crippen LogP) is 1.65. The number of aromatic carboxylic acids is 1. The molecule has 1 unspecified atom stereocenters. The Labute approximate surface area is 102 Å². The molecule has 1 aromatic carbocycles. The van der Waals surface area contributed by atoms with Crippen LogP contribution in [0.1, 0.15) is 34.3 Å². The highest BCUT2D eigenvalue weighted by molar-refractivity contribution is 5.83. The fraction of sp³-hybridized carbons (Fsp3) is 0.250. The largest absolute Gasteiger partial charge is 0.475 e. The van der Waals surface area contributed by atoms with Gasteiger partial charge < -0.3 is 5.11 Å². The zero-order chi connectivity index (χ0) is 12.7. The summed E-state index contributed by atoms with van der Waals surface area (Å²) in [6.45, 7) is 0.564. The van der Waals surface area contributed by atoms with Crippen LogP contribution in [-0.4, -0.2) is 25.8 Å². The summed E-state index contributed by atoms with van der Waals surface area (Å²) in [6, 6.07) is 6.48. The number of nitrogens with zero attached hydrogens (tertiary/aromatic N) is 3. The number of halogens is 1. The average Bonchev–Trinajstić information content (AvgIpc) is 2.89. The molecule has 92 valence electrons. The van der Waals surface area contributed by atoms with Gasteiger partial charge >= 0.3 is 5.97 Å². The van der Waals surface area contributed by atoms with Crippen molar-refractivity contribution in [3.05, 3.63) is 47.3 Å². The zero-order valence-electron chi connectivity index (χ0n) is 9.38. The highest BCUT2D eigenvalue weighted by Gasteiger charge is 2.30. The van der Waals surface area contributed by atoms with Crippen LogP contribution in [0.25, 0.3) is 0 Å². The van der Waals surface area contributed by atoms with Crippen LogP contribution in [0.3, 0.4) is 0 Å². The molecule has 1 aromatic heterocycles. The van der Waals surface area contributed by atoms with E-state index in [1.54, 1.807) is 22.9 Å². The number of aromatic nitrogens is 3. The Morgan fingerprint density at radius 1 is 1.44 bits per heavy atom. The molecule has 0 fully saturated rings. The molecule has 0 aliphatic carbocycles. The number of carboxylic acids is 1. The van der Waals surface area contributed by atoms with E-state index in [-0.39, 0.29) is 17.6 Å². The van der Waals surface area contributed by atoms with Crippen LogP contribution >= 0.6 is 0 Å². The minimum absolute atomic E-state index is 0.216. The van der Waals surface area contributed by atoms with Crippen molar-refractivity contribution in [3.8, 4) is 0 Å². The van der Waals surface area contributed by atoms with E-state index in [2.05, 4.69) is 10.1 Å². The Balaban J connectivity index is 2.04. The Bertz CT molecular complexity index is 624. The van der Waals surface area contributed by atoms with Gasteiger partial charge in [0.05, 0.1) is 0 Å². The number of carboxylic acid groups (broad SMARTS) is 1. The third kappa shape index (κ3) is 1.57. The molecule has 0 amide bonds. The summed E-state index contributed by atoms with van der Waals surface area (Å²) in [6.07, 6.45) is 0.691. The summed E-state index contributed by atoms with van der Waals surface area (Å²) in [7, 11) is 0. The van der Waals surface area contributed by atoms with Crippen LogP contribution in [0.4, 0.5) is 4.39 Å². The first-order chi connectivity index (χ1) is 8.66. The molecule has 1 atom stereocenters. The fourth-order valence-corrected chi connectivity index (χ4v) is 2.30. The summed E-state index contributed by atoms with van der Waals surface area (Å²) in [5, 5.41) is 12.7. The lowest BCUT2D eigenvalue weighted by atomic mass is 9.97. The highest BCUT2D eigenvalue weighted by Crippen LogP contribution is 2.33. The molecule has 0 bridgehead atoms. The van der Waals surface area contributed by atoms with Crippen LogP contribution in [0.15, 0.2) is 24.3 Å². The number of hydrogen-bond donors (Lipinski definition) is 1. The quantitative estimate of drug-likeness (QED) is 0.876. The summed E-state index contributed by atoms with van der Waals surface area (Å²) in [5.41, 5.74) is 0.542. The summed E-state index contributed by atoms with van der Waals surface area (Å²) >= 11 is 0. The second-order valence-corrected chi connectivity index (χ2v) is 4.18. The van der Waals surface area contributed by atoms with Crippen molar-refractivity contribution in [1.29, 1.82) is 0 Å². The highest BCUT2D eigenvalue weighted by atomic mass is 19.1. The van der Waals surface area contributed by atoms with E-state index in [1.807, 2.05) is 0 Å². The van der Waals surface area contributed by atoms with Gasteiger partial charge in [0.25, 0.3) is 5.82 Å². The van der Waals surface area contributed by atoms with Gasteiger partial charge in [-0.2, -0.15) is 0 Å². The summed E-state index contributed by atoms with van der Waals surface area (Å²) in [5.74, 6) is -1.38. The van der Waals surface area contributed by atoms with Gasteiger partial charge in [0.1, 0.15) is 11.6 Å². The van der Waals surface area contributed by atoms with Gasteiger partial charge in [-0.3, -0.25) is 0 Å². The molecule has 0 saturated carbocycles. The molecular weight excluding hydrogens is 237 g/mol. The number of benzene rings is 1. The number of aryl methyl sites for hydroxylation is 1. The molecule has 0 saturated heterocycles. The lowest BCUT2D eigenvalue weighted by molar-refractivity contribution is 0.0683. The maximum atomic E-state index is 13.7. The standard InChI is InChI=1S/C12H10FN3O2/c13-9-4-2-1-3-7(9)8-5-6-16-11(8)14-10(15-16)12(17)18/h1-4,8H,5-6H2,(H,17,18). The topological polar surface area (TPSA) is 68.0 Å². The van der Waals surface area contributed by atoms with Gasteiger partial charge in [0, 0.05) is 12.5 Å². The summed E-state index contributed by atoms with van der Waals surface area (Å²) < 4.78 is 15.3. The van der Waals surface area contributed by atoms with Crippen molar-refractivity contribution in [1.82, 2.24) is 14.8 Å². The number of fused-ring (bicyclic) bond motifs is 1. The molecule has 2 heterocycles. The Hall–Kier alpha value is -2.24. The zero-order valence-corrected chi connectivity index (χ0v) is 9.38. The van der Waals surface area contributed by atoms with Crippen molar-refractivity contribution in [3.63, 3.8) is 0 Å². The van der Waals surface area contributed by atoms with Crippen molar-refractivity contribution >= 4 is 5.97 Å². The van der Waals surface area contributed by atoms with Gasteiger partial charge in [-0.1, -0.05) is 18.2 Å². The van der Waals surface area contributed by atoms with Gasteiger partial charge in [-0.25, -0.2) is 18.9 Å². The predicted molar refractivity (Wildman–Crippen MR) is 59.8 cm³/mol. The van der Waals surface area contributed by atoms with Crippen molar-refractivity contribution in [2.75, 3.05) is 0 Å². The first kappa shape index (κ1) is 10.9. The van der Waals surface area contributed by atoms with Crippen LogP contribution in [0.5, 0.6) is 0 Å². The van der Waals surface area contributed by atoms with E-state index in [9.17, 15) is 9.18 Å². The maximum absolute atomic E-state index is 13.7. The molecule has 6 heteroatoms. The molecule has 1 N–H and O–H groups in total. The van der Waals surface area contributed by atoms with Crippen molar-refractivity contribution < 1.29 is 14.3 Å². The van der Waals surface area contributed by atoms with Gasteiger partial charge in [-0.05, 0) is 18.1 Å². The monoisotopic (exact) mass is 247 g/mol. The molecule has 1 aliphatic rings. The molecular formula is C12H10FN3O2.